The fourth-order valence-corrected chi connectivity index (χ4v) is 3.58. The first-order chi connectivity index (χ1) is 13.0. The number of benzene rings is 1. The quantitative estimate of drug-likeness (QED) is 0.421. The van der Waals surface area contributed by atoms with E-state index in [1.807, 2.05) is 0 Å². The lowest BCUT2D eigenvalue weighted by atomic mass is 10.1. The summed E-state index contributed by atoms with van der Waals surface area (Å²) in [6.07, 6.45) is 1.61. The molecule has 27 heavy (non-hydrogen) atoms. The molecule has 0 spiro atoms. The van der Waals surface area contributed by atoms with Crippen molar-refractivity contribution in [1.29, 1.82) is 0 Å². The Bertz CT molecular complexity index is 939. The second kappa shape index (κ2) is 8.71. The third-order valence-electron chi connectivity index (χ3n) is 3.63. The maximum atomic E-state index is 12.2. The van der Waals surface area contributed by atoms with E-state index in [0.717, 1.165) is 0 Å². The van der Waals surface area contributed by atoms with Crippen LogP contribution in [0.5, 0.6) is 0 Å². The molecule has 0 radical (unpaired) electrons. The van der Waals surface area contributed by atoms with Gasteiger partial charge in [0, 0.05) is 30.9 Å². The summed E-state index contributed by atoms with van der Waals surface area (Å²) in [4.78, 5) is 24.4. The van der Waals surface area contributed by atoms with Gasteiger partial charge in [0.1, 0.15) is 15.8 Å². The molecule has 2 N–H and O–H groups in total. The maximum absolute atomic E-state index is 12.2. The molecule has 2 amide bonds. The van der Waals surface area contributed by atoms with Crippen LogP contribution in [0.1, 0.15) is 16.1 Å². The van der Waals surface area contributed by atoms with Crippen LogP contribution in [-0.2, 0) is 9.53 Å². The summed E-state index contributed by atoms with van der Waals surface area (Å²) in [5.41, 5.74) is 1.04. The Balaban J connectivity index is 1.82. The number of amides is 2. The first-order valence-corrected chi connectivity index (χ1v) is 9.50. The van der Waals surface area contributed by atoms with Crippen LogP contribution in [-0.4, -0.2) is 36.4 Å². The molecular weight excluding hydrogens is 408 g/mol. The summed E-state index contributed by atoms with van der Waals surface area (Å²) in [6.45, 7) is 0.838. The second-order valence-corrected chi connectivity index (χ2v) is 7.62. The van der Waals surface area contributed by atoms with Crippen LogP contribution in [0.2, 0.25) is 5.02 Å². The molecule has 0 atom stereocenters. The van der Waals surface area contributed by atoms with Crippen molar-refractivity contribution in [1.82, 2.24) is 10.6 Å². The number of thiocarbonyl (C=S) groups is 1. The van der Waals surface area contributed by atoms with Gasteiger partial charge < -0.3 is 19.8 Å². The number of halogens is 1. The molecule has 6 nitrogen and oxygen atoms in total. The highest BCUT2D eigenvalue weighted by Crippen LogP contribution is 2.32. The van der Waals surface area contributed by atoms with Crippen LogP contribution in [0, 0.1) is 0 Å². The molecule has 2 aromatic rings. The lowest BCUT2D eigenvalue weighted by Crippen LogP contribution is -2.26. The van der Waals surface area contributed by atoms with E-state index in [4.69, 9.17) is 33.0 Å². The highest BCUT2D eigenvalue weighted by molar-refractivity contribution is 8.26. The lowest BCUT2D eigenvalue weighted by Gasteiger charge is -2.07. The number of hydrogen-bond acceptors (Lipinski definition) is 6. The Morgan fingerprint density at radius 2 is 2.22 bits per heavy atom. The molecule has 0 saturated carbocycles. The summed E-state index contributed by atoms with van der Waals surface area (Å²) >= 11 is 12.4. The largest absolute Gasteiger partial charge is 0.457 e. The number of furan rings is 1. The zero-order valence-corrected chi connectivity index (χ0v) is 16.6. The van der Waals surface area contributed by atoms with Gasteiger partial charge in [0.25, 0.3) is 11.8 Å². The molecule has 0 unspecified atom stereocenters. The topological polar surface area (TPSA) is 80.6 Å². The minimum absolute atomic E-state index is 0.230. The number of rotatable bonds is 6. The Hall–Kier alpha value is -2.13. The molecule has 1 saturated heterocycles. The van der Waals surface area contributed by atoms with Crippen LogP contribution in [0.4, 0.5) is 0 Å². The van der Waals surface area contributed by atoms with Gasteiger partial charge in [-0.25, -0.2) is 0 Å². The first kappa shape index (κ1) is 19.6. The van der Waals surface area contributed by atoms with Gasteiger partial charge in [-0.1, -0.05) is 35.6 Å². The van der Waals surface area contributed by atoms with Crippen molar-refractivity contribution in [3.8, 4) is 11.3 Å². The van der Waals surface area contributed by atoms with Crippen molar-refractivity contribution in [2.75, 3.05) is 20.3 Å². The van der Waals surface area contributed by atoms with E-state index in [1.165, 1.54) is 11.8 Å². The fraction of sp³-hybridized carbons (Fsp3) is 0.167. The number of thioether (sulfide) groups is 1. The number of methoxy groups -OCH3 is 1. The SMILES string of the molecule is COCCNC(=O)c1ccc(Cl)c(-c2ccc(/C=C3/SC(=S)NC3=O)o2)c1. The molecule has 1 aromatic carbocycles. The highest BCUT2D eigenvalue weighted by Gasteiger charge is 2.22. The average Bonchev–Trinajstić information content (AvgIpc) is 3.22. The molecule has 1 aliphatic heterocycles. The Morgan fingerprint density at radius 3 is 2.93 bits per heavy atom. The molecule has 1 aromatic heterocycles. The van der Waals surface area contributed by atoms with Crippen molar-refractivity contribution in [3.63, 3.8) is 0 Å². The molecule has 140 valence electrons. The Labute approximate surface area is 170 Å². The fourth-order valence-electron chi connectivity index (χ4n) is 2.35. The normalized spacial score (nSPS) is 15.3. The zero-order chi connectivity index (χ0) is 19.4. The number of carbonyl (C=O) groups excluding carboxylic acids is 2. The van der Waals surface area contributed by atoms with E-state index in [9.17, 15) is 9.59 Å². The molecule has 1 fully saturated rings. The zero-order valence-electron chi connectivity index (χ0n) is 14.2. The van der Waals surface area contributed by atoms with Crippen molar-refractivity contribution >= 4 is 57.8 Å². The Kier molecular flexibility index (Phi) is 6.33. The summed E-state index contributed by atoms with van der Waals surface area (Å²) in [5.74, 6) is 0.491. The summed E-state index contributed by atoms with van der Waals surface area (Å²) in [5, 5.41) is 5.75. The van der Waals surface area contributed by atoms with Crippen molar-refractivity contribution < 1.29 is 18.7 Å². The van der Waals surface area contributed by atoms with E-state index in [1.54, 1.807) is 43.5 Å². The molecule has 0 bridgehead atoms. The van der Waals surface area contributed by atoms with Gasteiger partial charge in [-0.3, -0.25) is 9.59 Å². The number of ether oxygens (including phenoxy) is 1. The third kappa shape index (κ3) is 4.78. The van der Waals surface area contributed by atoms with E-state index < -0.39 is 0 Å². The predicted octanol–water partition coefficient (Wildman–Crippen LogP) is 3.47. The minimum Gasteiger partial charge on any atom is -0.457 e. The van der Waals surface area contributed by atoms with Crippen LogP contribution in [0.3, 0.4) is 0 Å². The molecule has 9 heteroatoms. The summed E-state index contributed by atoms with van der Waals surface area (Å²) in [7, 11) is 1.57. The van der Waals surface area contributed by atoms with E-state index in [2.05, 4.69) is 10.6 Å². The van der Waals surface area contributed by atoms with Gasteiger partial charge in [0.15, 0.2) is 0 Å². The number of carbonyl (C=O) groups is 2. The van der Waals surface area contributed by atoms with E-state index in [0.29, 0.717) is 50.0 Å². The van der Waals surface area contributed by atoms with Gasteiger partial charge in [0.2, 0.25) is 0 Å². The van der Waals surface area contributed by atoms with Gasteiger partial charge in [-0.2, -0.15) is 0 Å². The summed E-state index contributed by atoms with van der Waals surface area (Å²) < 4.78 is 11.1. The molecule has 1 aliphatic rings. The second-order valence-electron chi connectivity index (χ2n) is 5.50. The molecule has 0 aliphatic carbocycles. The Morgan fingerprint density at radius 1 is 1.41 bits per heavy atom. The van der Waals surface area contributed by atoms with Gasteiger partial charge in [-0.05, 0) is 30.3 Å². The molecule has 2 heterocycles. The number of nitrogens with one attached hydrogen (secondary N) is 2. The van der Waals surface area contributed by atoms with Gasteiger partial charge in [0.05, 0.1) is 16.5 Å². The highest BCUT2D eigenvalue weighted by atomic mass is 35.5. The summed E-state index contributed by atoms with van der Waals surface area (Å²) in [6, 6.07) is 8.39. The van der Waals surface area contributed by atoms with Crippen LogP contribution in [0.15, 0.2) is 39.7 Å². The standard InChI is InChI=1S/C18H15ClN2O4S2/c1-24-7-6-20-16(22)10-2-4-13(19)12(8-10)14-5-3-11(25-14)9-15-17(23)21-18(26)27-15/h2-5,8-9H,6-7H2,1H3,(H,20,22)(H,21,23,26)/b15-9+. The van der Waals surface area contributed by atoms with E-state index >= 15 is 0 Å². The monoisotopic (exact) mass is 422 g/mol. The lowest BCUT2D eigenvalue weighted by molar-refractivity contribution is -0.115. The average molecular weight is 423 g/mol. The van der Waals surface area contributed by atoms with Crippen LogP contribution >= 0.6 is 35.6 Å². The predicted molar refractivity (Wildman–Crippen MR) is 110 cm³/mol. The molecule has 3 rings (SSSR count). The van der Waals surface area contributed by atoms with Gasteiger partial charge in [-0.15, -0.1) is 0 Å². The van der Waals surface area contributed by atoms with Gasteiger partial charge >= 0.3 is 0 Å². The van der Waals surface area contributed by atoms with Crippen molar-refractivity contribution in [3.05, 3.63) is 51.6 Å². The first-order valence-electron chi connectivity index (χ1n) is 7.89. The molecular formula is C18H15ClN2O4S2. The smallest absolute Gasteiger partial charge is 0.263 e. The number of hydrogen-bond donors (Lipinski definition) is 2. The van der Waals surface area contributed by atoms with Crippen molar-refractivity contribution in [2.45, 2.75) is 0 Å². The van der Waals surface area contributed by atoms with Crippen LogP contribution in [0.25, 0.3) is 17.4 Å². The minimum atomic E-state index is -0.254. The van der Waals surface area contributed by atoms with Crippen molar-refractivity contribution in [2.24, 2.45) is 0 Å². The van der Waals surface area contributed by atoms with E-state index in [-0.39, 0.29) is 11.8 Å². The maximum Gasteiger partial charge on any atom is 0.263 e. The third-order valence-corrected chi connectivity index (χ3v) is 5.12. The van der Waals surface area contributed by atoms with Crippen LogP contribution < -0.4 is 10.6 Å².